The molecule has 3 aliphatic heterocycles. The van der Waals surface area contributed by atoms with E-state index < -0.39 is 6.10 Å². The van der Waals surface area contributed by atoms with Crippen LogP contribution in [-0.4, -0.2) is 47.2 Å². The standard InChI is InChI=1S/C22H25NO4/c24-20-18-11-17-14-26-23(12-15-7-3-1-4-8-15)19(17)21(27-18)22(20)25-13-16-9-5-2-6-10-16/h1-10,17-22,24H,11-14H2/t17-,18-,19+,20-,21+,22+/m0/s1. The topological polar surface area (TPSA) is 51.2 Å². The van der Waals surface area contributed by atoms with E-state index in [1.54, 1.807) is 0 Å². The lowest BCUT2D eigenvalue weighted by Gasteiger charge is -2.35. The molecule has 0 saturated carbocycles. The Balaban J connectivity index is 1.32. The van der Waals surface area contributed by atoms with Crippen LogP contribution in [0.1, 0.15) is 17.5 Å². The Kier molecular flexibility index (Phi) is 4.71. The summed E-state index contributed by atoms with van der Waals surface area (Å²) in [4.78, 5) is 6.02. The van der Waals surface area contributed by atoms with Crippen molar-refractivity contribution < 1.29 is 19.4 Å². The first kappa shape index (κ1) is 17.3. The smallest absolute Gasteiger partial charge is 0.114 e. The first-order valence-corrected chi connectivity index (χ1v) is 9.72. The largest absolute Gasteiger partial charge is 0.388 e. The minimum absolute atomic E-state index is 0.111. The Morgan fingerprint density at radius 1 is 1.00 bits per heavy atom. The molecule has 3 saturated heterocycles. The number of hydrogen-bond acceptors (Lipinski definition) is 5. The third-order valence-corrected chi connectivity index (χ3v) is 5.98. The van der Waals surface area contributed by atoms with E-state index in [1.807, 2.05) is 53.6 Å². The molecule has 2 aromatic rings. The molecule has 3 heterocycles. The summed E-state index contributed by atoms with van der Waals surface area (Å²) >= 11 is 0. The van der Waals surface area contributed by atoms with Crippen molar-refractivity contribution in [2.75, 3.05) is 6.61 Å². The molecule has 0 aromatic heterocycles. The second kappa shape index (κ2) is 7.34. The Bertz CT molecular complexity index is 755. The number of ether oxygens (including phenoxy) is 2. The van der Waals surface area contributed by atoms with Crippen LogP contribution in [0.15, 0.2) is 60.7 Å². The summed E-state index contributed by atoms with van der Waals surface area (Å²) in [7, 11) is 0. The van der Waals surface area contributed by atoms with Crippen LogP contribution in [0.3, 0.4) is 0 Å². The van der Waals surface area contributed by atoms with E-state index in [1.165, 1.54) is 5.56 Å². The first-order valence-electron chi connectivity index (χ1n) is 9.72. The van der Waals surface area contributed by atoms with Crippen molar-refractivity contribution in [1.29, 1.82) is 0 Å². The molecule has 0 amide bonds. The molecule has 6 atom stereocenters. The third-order valence-electron chi connectivity index (χ3n) is 5.98. The lowest BCUT2D eigenvalue weighted by Crippen LogP contribution is -2.49. The first-order chi connectivity index (χ1) is 13.3. The maximum atomic E-state index is 10.8. The molecule has 5 heteroatoms. The summed E-state index contributed by atoms with van der Waals surface area (Å²) in [5.74, 6) is 0.373. The van der Waals surface area contributed by atoms with E-state index in [0.717, 1.165) is 12.0 Å². The molecule has 1 N–H and O–H groups in total. The Morgan fingerprint density at radius 3 is 2.44 bits per heavy atom. The Hall–Kier alpha value is -1.76. The highest BCUT2D eigenvalue weighted by Gasteiger charge is 2.58. The van der Waals surface area contributed by atoms with Gasteiger partial charge in [-0.3, -0.25) is 4.84 Å². The van der Waals surface area contributed by atoms with Crippen LogP contribution < -0.4 is 0 Å². The second-order valence-electron chi connectivity index (χ2n) is 7.73. The van der Waals surface area contributed by atoms with E-state index in [0.29, 0.717) is 25.7 Å². The zero-order valence-corrected chi connectivity index (χ0v) is 15.2. The van der Waals surface area contributed by atoms with Gasteiger partial charge in [0, 0.05) is 12.5 Å². The molecule has 5 nitrogen and oxygen atoms in total. The summed E-state index contributed by atoms with van der Waals surface area (Å²) in [6.45, 7) is 1.88. The van der Waals surface area contributed by atoms with Crippen molar-refractivity contribution in [3.8, 4) is 0 Å². The lowest BCUT2D eigenvalue weighted by molar-refractivity contribution is -0.180. The van der Waals surface area contributed by atoms with Gasteiger partial charge < -0.3 is 14.6 Å². The summed E-state index contributed by atoms with van der Waals surface area (Å²) in [6, 6.07) is 20.5. The van der Waals surface area contributed by atoms with Crippen LogP contribution in [0.2, 0.25) is 0 Å². The maximum absolute atomic E-state index is 10.8. The van der Waals surface area contributed by atoms with Gasteiger partial charge in [0.1, 0.15) is 18.3 Å². The lowest BCUT2D eigenvalue weighted by atomic mass is 9.91. The molecule has 142 valence electrons. The van der Waals surface area contributed by atoms with Gasteiger partial charge in [-0.15, -0.1) is 0 Å². The SMILES string of the molecule is O[C@@H]1[C@@H](OCc2ccccc2)[C@@H]2O[C@H]1C[C@H]1CON(Cc3ccccc3)[C@H]12. The van der Waals surface area contributed by atoms with Gasteiger partial charge in [0.05, 0.1) is 25.4 Å². The number of fused-ring (bicyclic) bond motifs is 4. The zero-order chi connectivity index (χ0) is 18.2. The fourth-order valence-corrected chi connectivity index (χ4v) is 4.66. The monoisotopic (exact) mass is 367 g/mol. The van der Waals surface area contributed by atoms with Crippen LogP contribution in [-0.2, 0) is 27.5 Å². The molecule has 0 aliphatic carbocycles. The number of aliphatic hydroxyl groups excluding tert-OH is 1. The van der Waals surface area contributed by atoms with E-state index in [2.05, 4.69) is 12.1 Å². The van der Waals surface area contributed by atoms with Crippen molar-refractivity contribution in [2.24, 2.45) is 5.92 Å². The number of nitrogens with zero attached hydrogens (tertiary/aromatic N) is 1. The van der Waals surface area contributed by atoms with Crippen molar-refractivity contribution in [2.45, 2.75) is 50.0 Å². The predicted molar refractivity (Wildman–Crippen MR) is 99.5 cm³/mol. The summed E-state index contributed by atoms with van der Waals surface area (Å²) < 4.78 is 12.4. The average molecular weight is 367 g/mol. The van der Waals surface area contributed by atoms with Crippen LogP contribution in [0.25, 0.3) is 0 Å². The van der Waals surface area contributed by atoms with Gasteiger partial charge in [-0.05, 0) is 17.5 Å². The number of benzene rings is 2. The molecule has 2 aromatic carbocycles. The molecular weight excluding hydrogens is 342 g/mol. The van der Waals surface area contributed by atoms with E-state index in [4.69, 9.17) is 14.3 Å². The van der Waals surface area contributed by atoms with Gasteiger partial charge in [0.25, 0.3) is 0 Å². The highest BCUT2D eigenvalue weighted by Crippen LogP contribution is 2.44. The Morgan fingerprint density at radius 2 is 1.70 bits per heavy atom. The van der Waals surface area contributed by atoms with Gasteiger partial charge in [-0.2, -0.15) is 5.06 Å². The Labute approximate surface area is 159 Å². The average Bonchev–Trinajstić information content (AvgIpc) is 3.22. The molecule has 5 rings (SSSR count). The fourth-order valence-electron chi connectivity index (χ4n) is 4.66. The number of aliphatic hydroxyl groups is 1. The van der Waals surface area contributed by atoms with Crippen molar-refractivity contribution >= 4 is 0 Å². The van der Waals surface area contributed by atoms with Gasteiger partial charge >= 0.3 is 0 Å². The van der Waals surface area contributed by atoms with Crippen molar-refractivity contribution in [3.63, 3.8) is 0 Å². The van der Waals surface area contributed by atoms with Crippen molar-refractivity contribution in [3.05, 3.63) is 71.8 Å². The van der Waals surface area contributed by atoms with Gasteiger partial charge in [0.2, 0.25) is 0 Å². The van der Waals surface area contributed by atoms with E-state index >= 15 is 0 Å². The summed E-state index contributed by atoms with van der Waals surface area (Å²) in [6.07, 6.45) is -0.414. The molecule has 2 bridgehead atoms. The van der Waals surface area contributed by atoms with Gasteiger partial charge in [0.15, 0.2) is 0 Å². The quantitative estimate of drug-likeness (QED) is 0.880. The molecule has 27 heavy (non-hydrogen) atoms. The van der Waals surface area contributed by atoms with Gasteiger partial charge in [-0.25, -0.2) is 0 Å². The highest BCUT2D eigenvalue weighted by atomic mass is 16.7. The van der Waals surface area contributed by atoms with Crippen molar-refractivity contribution in [1.82, 2.24) is 5.06 Å². The second-order valence-corrected chi connectivity index (χ2v) is 7.73. The summed E-state index contributed by atoms with van der Waals surface area (Å²) in [5.41, 5.74) is 2.31. The zero-order valence-electron chi connectivity index (χ0n) is 15.2. The minimum Gasteiger partial charge on any atom is -0.388 e. The molecule has 0 unspecified atom stereocenters. The molecule has 0 spiro atoms. The predicted octanol–water partition coefficient (Wildman–Crippen LogP) is 2.54. The summed E-state index contributed by atoms with van der Waals surface area (Å²) in [5, 5.41) is 12.8. The van der Waals surface area contributed by atoms with Crippen LogP contribution in [0.4, 0.5) is 0 Å². The molecular formula is C22H25NO4. The van der Waals surface area contributed by atoms with Crippen LogP contribution >= 0.6 is 0 Å². The minimum atomic E-state index is -0.581. The highest BCUT2D eigenvalue weighted by molar-refractivity contribution is 5.16. The number of rotatable bonds is 5. The maximum Gasteiger partial charge on any atom is 0.114 e. The van der Waals surface area contributed by atoms with Gasteiger partial charge in [-0.1, -0.05) is 60.7 Å². The van der Waals surface area contributed by atoms with Crippen LogP contribution in [0.5, 0.6) is 0 Å². The normalized spacial score (nSPS) is 35.3. The fraction of sp³-hybridized carbons (Fsp3) is 0.455. The van der Waals surface area contributed by atoms with Crippen LogP contribution in [0, 0.1) is 5.92 Å². The number of hydrogen-bond donors (Lipinski definition) is 1. The molecule has 0 radical (unpaired) electrons. The molecule has 3 aliphatic rings. The molecule has 3 fully saturated rings. The van der Waals surface area contributed by atoms with E-state index in [-0.39, 0.29) is 24.4 Å². The number of hydroxylamine groups is 2. The van der Waals surface area contributed by atoms with E-state index in [9.17, 15) is 5.11 Å². The third kappa shape index (κ3) is 3.30.